The topological polar surface area (TPSA) is 75.3 Å². The fourth-order valence-electron chi connectivity index (χ4n) is 3.73. The molecular weight excluding hydrogens is 474 g/mol. The highest BCUT2D eigenvalue weighted by atomic mass is 32.2. The Hall–Kier alpha value is -2.62. The van der Waals surface area contributed by atoms with E-state index < -0.39 is 0 Å². The number of carbonyl (C=O) groups excluding carboxylic acids is 1. The Morgan fingerprint density at radius 3 is 2.76 bits per heavy atom. The van der Waals surface area contributed by atoms with Crippen molar-refractivity contribution in [3.05, 3.63) is 68.9 Å². The lowest BCUT2D eigenvalue weighted by Crippen LogP contribution is -2.34. The summed E-state index contributed by atoms with van der Waals surface area (Å²) in [6.07, 6.45) is 2.12. The molecule has 0 spiro atoms. The highest BCUT2D eigenvalue weighted by molar-refractivity contribution is 7.99. The summed E-state index contributed by atoms with van der Waals surface area (Å²) in [6.45, 7) is 0.607. The maximum Gasteiger partial charge on any atom is 0.260 e. The molecule has 3 heterocycles. The zero-order valence-corrected chi connectivity index (χ0v) is 20.5. The molecule has 4 aromatic rings. The number of nitrogens with zero attached hydrogens (tertiary/aromatic N) is 2. The molecule has 3 aromatic heterocycles. The SMILES string of the molecule is COc1ccc(CN(C(=O)CSCc2nc3scc(-c4cccs4)c3c(=O)[nH]2)C2CC2)cc1. The summed E-state index contributed by atoms with van der Waals surface area (Å²) in [7, 11) is 1.65. The van der Waals surface area contributed by atoms with Gasteiger partial charge in [-0.3, -0.25) is 9.59 Å². The molecule has 9 heteroatoms. The van der Waals surface area contributed by atoms with Gasteiger partial charge in [0.25, 0.3) is 5.56 Å². The van der Waals surface area contributed by atoms with Crippen LogP contribution >= 0.6 is 34.4 Å². The van der Waals surface area contributed by atoms with E-state index in [4.69, 9.17) is 4.74 Å². The lowest BCUT2D eigenvalue weighted by molar-refractivity contribution is -0.129. The normalized spacial score (nSPS) is 13.4. The maximum atomic E-state index is 12.9. The number of fused-ring (bicyclic) bond motifs is 1. The fraction of sp³-hybridized carbons (Fsp3) is 0.292. The van der Waals surface area contributed by atoms with Crippen LogP contribution in [0.1, 0.15) is 24.2 Å². The first kappa shape index (κ1) is 22.2. The number of aromatic amines is 1. The first-order chi connectivity index (χ1) is 16.1. The van der Waals surface area contributed by atoms with Gasteiger partial charge in [0.1, 0.15) is 16.4 Å². The third-order valence-electron chi connectivity index (χ3n) is 5.56. The lowest BCUT2D eigenvalue weighted by Gasteiger charge is -2.22. The summed E-state index contributed by atoms with van der Waals surface area (Å²) in [6, 6.07) is 12.2. The molecule has 1 fully saturated rings. The smallest absolute Gasteiger partial charge is 0.260 e. The number of carbonyl (C=O) groups is 1. The molecule has 1 N–H and O–H groups in total. The maximum absolute atomic E-state index is 12.9. The van der Waals surface area contributed by atoms with Crippen LogP contribution in [-0.2, 0) is 17.1 Å². The third-order valence-corrected chi connectivity index (χ3v) is 8.27. The summed E-state index contributed by atoms with van der Waals surface area (Å²) in [4.78, 5) is 37.0. The Morgan fingerprint density at radius 2 is 2.06 bits per heavy atom. The first-order valence-electron chi connectivity index (χ1n) is 10.7. The number of benzene rings is 1. The molecule has 0 radical (unpaired) electrons. The lowest BCUT2D eigenvalue weighted by atomic mass is 10.2. The Kier molecular flexibility index (Phi) is 6.52. The molecule has 0 unspecified atom stereocenters. The van der Waals surface area contributed by atoms with E-state index in [0.29, 0.717) is 35.3 Å². The number of aromatic nitrogens is 2. The van der Waals surface area contributed by atoms with Crippen LogP contribution in [0.2, 0.25) is 0 Å². The second-order valence-corrected chi connectivity index (χ2v) is 10.7. The number of methoxy groups -OCH3 is 1. The minimum atomic E-state index is -0.120. The Balaban J connectivity index is 1.23. The van der Waals surface area contributed by atoms with Crippen molar-refractivity contribution in [3.63, 3.8) is 0 Å². The van der Waals surface area contributed by atoms with Crippen molar-refractivity contribution in [2.75, 3.05) is 12.9 Å². The predicted octanol–water partition coefficient (Wildman–Crippen LogP) is 5.15. The van der Waals surface area contributed by atoms with Crippen molar-refractivity contribution >= 4 is 50.6 Å². The molecule has 1 amide bonds. The average molecular weight is 498 g/mol. The minimum absolute atomic E-state index is 0.120. The fourth-order valence-corrected chi connectivity index (χ4v) is 6.28. The van der Waals surface area contributed by atoms with Gasteiger partial charge in [-0.05, 0) is 42.0 Å². The summed E-state index contributed by atoms with van der Waals surface area (Å²) in [5.74, 6) is 2.39. The second kappa shape index (κ2) is 9.70. The van der Waals surface area contributed by atoms with Crippen molar-refractivity contribution in [2.45, 2.75) is 31.2 Å². The number of rotatable bonds is 9. The van der Waals surface area contributed by atoms with Crippen molar-refractivity contribution in [2.24, 2.45) is 0 Å². The number of nitrogens with one attached hydrogen (secondary N) is 1. The van der Waals surface area contributed by atoms with Crippen LogP contribution in [0.3, 0.4) is 0 Å². The molecular formula is C24H23N3O3S3. The number of hydrogen-bond donors (Lipinski definition) is 1. The number of ether oxygens (including phenoxy) is 1. The number of thiophene rings is 2. The summed E-state index contributed by atoms with van der Waals surface area (Å²) in [5.41, 5.74) is 1.91. The molecule has 170 valence electrons. The highest BCUT2D eigenvalue weighted by Gasteiger charge is 2.32. The quantitative estimate of drug-likeness (QED) is 0.346. The number of amides is 1. The van der Waals surface area contributed by atoms with E-state index in [1.165, 1.54) is 23.1 Å². The van der Waals surface area contributed by atoms with Gasteiger partial charge >= 0.3 is 0 Å². The highest BCUT2D eigenvalue weighted by Crippen LogP contribution is 2.34. The Labute approximate surface area is 203 Å². The van der Waals surface area contributed by atoms with Gasteiger partial charge in [-0.25, -0.2) is 4.98 Å². The number of thioether (sulfide) groups is 1. The van der Waals surface area contributed by atoms with Gasteiger partial charge in [-0.15, -0.1) is 34.4 Å². The van der Waals surface area contributed by atoms with E-state index in [2.05, 4.69) is 9.97 Å². The van der Waals surface area contributed by atoms with Crippen molar-refractivity contribution in [1.29, 1.82) is 0 Å². The van der Waals surface area contributed by atoms with E-state index in [0.717, 1.165) is 39.4 Å². The van der Waals surface area contributed by atoms with E-state index in [1.807, 2.05) is 52.1 Å². The molecule has 1 aliphatic rings. The van der Waals surface area contributed by atoms with Crippen molar-refractivity contribution in [1.82, 2.24) is 14.9 Å². The van der Waals surface area contributed by atoms with E-state index in [1.54, 1.807) is 18.4 Å². The summed E-state index contributed by atoms with van der Waals surface area (Å²) >= 11 is 4.58. The predicted molar refractivity (Wildman–Crippen MR) is 136 cm³/mol. The zero-order chi connectivity index (χ0) is 22.8. The van der Waals surface area contributed by atoms with Gasteiger partial charge < -0.3 is 14.6 Å². The molecule has 1 aliphatic carbocycles. The van der Waals surface area contributed by atoms with Crippen LogP contribution < -0.4 is 10.3 Å². The second-order valence-electron chi connectivity index (χ2n) is 7.91. The Bertz CT molecular complexity index is 1310. The van der Waals surface area contributed by atoms with E-state index in [9.17, 15) is 9.59 Å². The molecule has 1 saturated carbocycles. The molecule has 33 heavy (non-hydrogen) atoms. The summed E-state index contributed by atoms with van der Waals surface area (Å²) in [5, 5.41) is 4.64. The molecule has 1 aromatic carbocycles. The van der Waals surface area contributed by atoms with Crippen LogP contribution in [0.15, 0.2) is 52.0 Å². The minimum Gasteiger partial charge on any atom is -0.497 e. The van der Waals surface area contributed by atoms with E-state index in [-0.39, 0.29) is 11.5 Å². The van der Waals surface area contributed by atoms with Gasteiger partial charge in [0.15, 0.2) is 0 Å². The standard InChI is InChI=1S/C24H23N3O3S3/c1-30-17-8-4-15(5-9-17)11-27(16-6-7-16)21(28)14-31-13-20-25-23(29)22-18(12-33-24(22)26-20)19-3-2-10-32-19/h2-5,8-10,12,16H,6-7,11,13-14H2,1H3,(H,25,26,29). The molecule has 0 bridgehead atoms. The van der Waals surface area contributed by atoms with Crippen LogP contribution in [-0.4, -0.2) is 39.7 Å². The molecule has 0 aliphatic heterocycles. The van der Waals surface area contributed by atoms with Crippen LogP contribution in [0, 0.1) is 0 Å². The van der Waals surface area contributed by atoms with Gasteiger partial charge in [-0.1, -0.05) is 18.2 Å². The molecule has 0 atom stereocenters. The molecule has 6 nitrogen and oxygen atoms in total. The monoisotopic (exact) mass is 497 g/mol. The van der Waals surface area contributed by atoms with Gasteiger partial charge in [0.2, 0.25) is 5.91 Å². The van der Waals surface area contributed by atoms with Crippen molar-refractivity contribution in [3.8, 4) is 16.2 Å². The van der Waals surface area contributed by atoms with Gasteiger partial charge in [0.05, 0.1) is 24.0 Å². The van der Waals surface area contributed by atoms with Crippen LogP contribution in [0.4, 0.5) is 0 Å². The number of hydrogen-bond acceptors (Lipinski definition) is 7. The average Bonchev–Trinajstić information content (AvgIpc) is 3.33. The first-order valence-corrected chi connectivity index (χ1v) is 13.6. The largest absolute Gasteiger partial charge is 0.497 e. The number of H-pyrrole nitrogens is 1. The van der Waals surface area contributed by atoms with Crippen molar-refractivity contribution < 1.29 is 9.53 Å². The zero-order valence-electron chi connectivity index (χ0n) is 18.1. The van der Waals surface area contributed by atoms with Crippen LogP contribution in [0.5, 0.6) is 5.75 Å². The van der Waals surface area contributed by atoms with E-state index >= 15 is 0 Å². The van der Waals surface area contributed by atoms with Gasteiger partial charge in [-0.2, -0.15) is 0 Å². The van der Waals surface area contributed by atoms with Crippen LogP contribution in [0.25, 0.3) is 20.7 Å². The molecule has 5 rings (SSSR count). The molecule has 0 saturated heterocycles. The Morgan fingerprint density at radius 1 is 1.24 bits per heavy atom. The summed E-state index contributed by atoms with van der Waals surface area (Å²) < 4.78 is 5.22. The third kappa shape index (κ3) is 5.00. The van der Waals surface area contributed by atoms with Gasteiger partial charge in [0, 0.05) is 28.4 Å².